The number of benzene rings is 1. The molecule has 1 aromatic carbocycles. The van der Waals surface area contributed by atoms with E-state index < -0.39 is 11.6 Å². The van der Waals surface area contributed by atoms with Crippen molar-refractivity contribution >= 4 is 6.09 Å². The van der Waals surface area contributed by atoms with Crippen LogP contribution in [0.1, 0.15) is 25.8 Å². The van der Waals surface area contributed by atoms with Gasteiger partial charge in [0.05, 0.1) is 6.61 Å². The molecule has 1 unspecified atom stereocenters. The number of likely N-dealkylation sites (tertiary alicyclic amines) is 1. The summed E-state index contributed by atoms with van der Waals surface area (Å²) >= 11 is 0. The predicted molar refractivity (Wildman–Crippen MR) is 81.1 cm³/mol. The zero-order valence-electron chi connectivity index (χ0n) is 12.6. The summed E-state index contributed by atoms with van der Waals surface area (Å²) in [4.78, 5) is 13.2. The molecule has 5 nitrogen and oxygen atoms in total. The Bertz CT molecular complexity index is 476. The highest BCUT2D eigenvalue weighted by Crippen LogP contribution is 2.32. The number of nitrogens with zero attached hydrogens (tertiary/aromatic N) is 1. The van der Waals surface area contributed by atoms with Gasteiger partial charge in [-0.25, -0.2) is 4.79 Å². The summed E-state index contributed by atoms with van der Waals surface area (Å²) in [5.41, 5.74) is 0.714. The number of carboxylic acid groups (broad SMARTS) is 1. The van der Waals surface area contributed by atoms with Crippen LogP contribution in [0.5, 0.6) is 0 Å². The lowest BCUT2D eigenvalue weighted by Crippen LogP contribution is -2.49. The fourth-order valence-electron chi connectivity index (χ4n) is 3.09. The molecule has 1 heterocycles. The monoisotopic (exact) mass is 292 g/mol. The van der Waals surface area contributed by atoms with Gasteiger partial charge in [0.2, 0.25) is 0 Å². The van der Waals surface area contributed by atoms with Crippen LogP contribution in [0.3, 0.4) is 0 Å². The molecule has 1 amide bonds. The number of aliphatic hydroxyl groups excluding tert-OH is 1. The summed E-state index contributed by atoms with van der Waals surface area (Å²) in [6.45, 7) is 5.49. The van der Waals surface area contributed by atoms with Crippen LogP contribution < -0.4 is 5.32 Å². The SMILES string of the molecule is CC(C)(NC(=O)O)C1C[C@@H](CO)N(Cc2ccccc2)C1. The smallest absolute Gasteiger partial charge is 0.405 e. The molecule has 0 aliphatic carbocycles. The van der Waals surface area contributed by atoms with E-state index >= 15 is 0 Å². The summed E-state index contributed by atoms with van der Waals surface area (Å²) < 4.78 is 0. The van der Waals surface area contributed by atoms with Gasteiger partial charge < -0.3 is 15.5 Å². The second-order valence-electron chi connectivity index (χ2n) is 6.34. The number of rotatable bonds is 5. The number of hydrogen-bond donors (Lipinski definition) is 3. The highest BCUT2D eigenvalue weighted by Gasteiger charge is 2.40. The molecule has 0 saturated carbocycles. The van der Waals surface area contributed by atoms with Crippen molar-refractivity contribution in [1.29, 1.82) is 0 Å². The number of aliphatic hydroxyl groups is 1. The summed E-state index contributed by atoms with van der Waals surface area (Å²) in [6.07, 6.45) is -0.196. The molecular weight excluding hydrogens is 268 g/mol. The average molecular weight is 292 g/mol. The third-order valence-electron chi connectivity index (χ3n) is 4.42. The minimum atomic E-state index is -0.998. The van der Waals surface area contributed by atoms with Crippen LogP contribution in [0.4, 0.5) is 4.79 Å². The van der Waals surface area contributed by atoms with Crippen molar-refractivity contribution in [3.63, 3.8) is 0 Å². The van der Waals surface area contributed by atoms with E-state index in [0.717, 1.165) is 19.5 Å². The van der Waals surface area contributed by atoms with Crippen LogP contribution in [0.15, 0.2) is 30.3 Å². The van der Waals surface area contributed by atoms with E-state index in [1.54, 1.807) is 0 Å². The van der Waals surface area contributed by atoms with Crippen molar-refractivity contribution in [3.8, 4) is 0 Å². The third-order valence-corrected chi connectivity index (χ3v) is 4.42. The largest absolute Gasteiger partial charge is 0.465 e. The maximum atomic E-state index is 10.9. The first-order valence-corrected chi connectivity index (χ1v) is 7.32. The third kappa shape index (κ3) is 3.95. The van der Waals surface area contributed by atoms with Crippen LogP contribution in [0.2, 0.25) is 0 Å². The highest BCUT2D eigenvalue weighted by molar-refractivity contribution is 5.65. The quantitative estimate of drug-likeness (QED) is 0.775. The summed E-state index contributed by atoms with van der Waals surface area (Å²) in [7, 11) is 0. The van der Waals surface area contributed by atoms with E-state index in [4.69, 9.17) is 5.11 Å². The molecule has 116 valence electrons. The molecular formula is C16H24N2O3. The molecule has 1 aliphatic heterocycles. The molecule has 1 aliphatic rings. The van der Waals surface area contributed by atoms with Crippen molar-refractivity contribution in [3.05, 3.63) is 35.9 Å². The first kappa shape index (κ1) is 15.8. The average Bonchev–Trinajstić information content (AvgIpc) is 2.82. The van der Waals surface area contributed by atoms with Crippen molar-refractivity contribution in [1.82, 2.24) is 10.2 Å². The van der Waals surface area contributed by atoms with E-state index in [1.165, 1.54) is 5.56 Å². The number of carbonyl (C=O) groups is 1. The Morgan fingerprint density at radius 1 is 1.38 bits per heavy atom. The van der Waals surface area contributed by atoms with E-state index in [0.29, 0.717) is 0 Å². The van der Waals surface area contributed by atoms with Crippen molar-refractivity contribution < 1.29 is 15.0 Å². The van der Waals surface area contributed by atoms with Gasteiger partial charge in [-0.05, 0) is 31.7 Å². The van der Waals surface area contributed by atoms with E-state index in [-0.39, 0.29) is 18.6 Å². The van der Waals surface area contributed by atoms with Gasteiger partial charge in [-0.1, -0.05) is 30.3 Å². The molecule has 1 aromatic rings. The fraction of sp³-hybridized carbons (Fsp3) is 0.562. The second-order valence-corrected chi connectivity index (χ2v) is 6.34. The molecule has 1 saturated heterocycles. The molecule has 2 rings (SSSR count). The molecule has 21 heavy (non-hydrogen) atoms. The van der Waals surface area contributed by atoms with Gasteiger partial charge in [-0.15, -0.1) is 0 Å². The van der Waals surface area contributed by atoms with Crippen LogP contribution in [0.25, 0.3) is 0 Å². The van der Waals surface area contributed by atoms with Gasteiger partial charge in [-0.2, -0.15) is 0 Å². The fourth-order valence-corrected chi connectivity index (χ4v) is 3.09. The zero-order valence-corrected chi connectivity index (χ0v) is 12.6. The van der Waals surface area contributed by atoms with Crippen LogP contribution in [-0.2, 0) is 6.54 Å². The number of amides is 1. The van der Waals surface area contributed by atoms with Crippen LogP contribution in [-0.4, -0.2) is 45.9 Å². The Hall–Kier alpha value is -1.59. The van der Waals surface area contributed by atoms with E-state index in [2.05, 4.69) is 22.3 Å². The highest BCUT2D eigenvalue weighted by atomic mass is 16.4. The topological polar surface area (TPSA) is 72.8 Å². The molecule has 0 aromatic heterocycles. The molecule has 1 fully saturated rings. The molecule has 2 atom stereocenters. The molecule has 5 heteroatoms. The molecule has 3 N–H and O–H groups in total. The Morgan fingerprint density at radius 2 is 2.05 bits per heavy atom. The lowest BCUT2D eigenvalue weighted by Gasteiger charge is -2.31. The summed E-state index contributed by atoms with van der Waals surface area (Å²) in [6, 6.07) is 10.2. The normalized spacial score (nSPS) is 23.2. The maximum Gasteiger partial charge on any atom is 0.405 e. The van der Waals surface area contributed by atoms with Crippen molar-refractivity contribution in [2.75, 3.05) is 13.2 Å². The second kappa shape index (κ2) is 6.45. The molecule has 0 radical (unpaired) electrons. The Morgan fingerprint density at radius 3 is 2.62 bits per heavy atom. The lowest BCUT2D eigenvalue weighted by atomic mass is 9.85. The van der Waals surface area contributed by atoms with Crippen LogP contribution >= 0.6 is 0 Å². The van der Waals surface area contributed by atoms with Crippen molar-refractivity contribution in [2.45, 2.75) is 38.4 Å². The predicted octanol–water partition coefficient (Wildman–Crippen LogP) is 1.92. The van der Waals surface area contributed by atoms with Crippen molar-refractivity contribution in [2.24, 2.45) is 5.92 Å². The molecule has 0 bridgehead atoms. The minimum absolute atomic E-state index is 0.0880. The van der Waals surface area contributed by atoms with Gasteiger partial charge in [0, 0.05) is 24.7 Å². The van der Waals surface area contributed by atoms with Gasteiger partial charge in [0.1, 0.15) is 0 Å². The standard InChI is InChI=1S/C16H24N2O3/c1-16(2,17-15(20)21)13-8-14(11-19)18(10-13)9-12-6-4-3-5-7-12/h3-7,13-14,17,19H,8-11H2,1-2H3,(H,20,21)/t13?,14-/m0/s1. The lowest BCUT2D eigenvalue weighted by molar-refractivity contribution is 0.151. The number of hydrogen-bond acceptors (Lipinski definition) is 3. The summed E-state index contributed by atoms with van der Waals surface area (Å²) in [5.74, 6) is 0.189. The summed E-state index contributed by atoms with van der Waals surface area (Å²) in [5, 5.41) is 21.2. The first-order chi connectivity index (χ1) is 9.92. The van der Waals surface area contributed by atoms with Gasteiger partial charge in [-0.3, -0.25) is 4.90 Å². The minimum Gasteiger partial charge on any atom is -0.465 e. The van der Waals surface area contributed by atoms with E-state index in [9.17, 15) is 9.90 Å². The Labute approximate surface area is 125 Å². The van der Waals surface area contributed by atoms with Crippen LogP contribution in [0, 0.1) is 5.92 Å². The maximum absolute atomic E-state index is 10.9. The zero-order chi connectivity index (χ0) is 15.5. The van der Waals surface area contributed by atoms with Gasteiger partial charge in [0.25, 0.3) is 0 Å². The number of nitrogens with one attached hydrogen (secondary N) is 1. The van der Waals surface area contributed by atoms with Gasteiger partial charge in [0.15, 0.2) is 0 Å². The Kier molecular flexibility index (Phi) is 4.85. The first-order valence-electron chi connectivity index (χ1n) is 7.32. The molecule has 0 spiro atoms. The Balaban J connectivity index is 2.05. The van der Waals surface area contributed by atoms with Gasteiger partial charge >= 0.3 is 6.09 Å². The van der Waals surface area contributed by atoms with E-state index in [1.807, 2.05) is 32.0 Å².